The maximum absolute atomic E-state index is 10.2. The number of hydrogen-bond acceptors (Lipinski definition) is 4. The Bertz CT molecular complexity index is 89.4. The van der Waals surface area contributed by atoms with Crippen molar-refractivity contribution in [2.75, 3.05) is 5.75 Å². The molecule has 0 aliphatic heterocycles. The number of hydrogen-bond donors (Lipinski definition) is 2. The van der Waals surface area contributed by atoms with Gasteiger partial charge in [-0.2, -0.15) is 12.6 Å². The lowest BCUT2D eigenvalue weighted by Crippen LogP contribution is -2.32. The number of rotatable bonds is 2. The van der Waals surface area contributed by atoms with Crippen molar-refractivity contribution in [3.05, 3.63) is 0 Å². The van der Waals surface area contributed by atoms with Crippen molar-refractivity contribution in [3.63, 3.8) is 0 Å². The van der Waals surface area contributed by atoms with Crippen molar-refractivity contribution in [1.29, 1.82) is 0 Å². The molecule has 0 rings (SSSR count). The average molecular weight is 156 g/mol. The largest absolute Gasteiger partial charge is 0.346 e. The second-order valence-corrected chi connectivity index (χ2v) is 1.70. The second-order valence-electron chi connectivity index (χ2n) is 1.19. The Kier molecular flexibility index (Phi) is 4.03. The fourth-order valence-electron chi connectivity index (χ4n) is 0.132. The van der Waals surface area contributed by atoms with Crippen LogP contribution in [0.25, 0.3) is 0 Å². The lowest BCUT2D eigenvalue weighted by Gasteiger charge is -1.99. The van der Waals surface area contributed by atoms with Gasteiger partial charge in [0.25, 0.3) is 0 Å². The Morgan fingerprint density at radius 1 is 2.00 bits per heavy atom. The van der Waals surface area contributed by atoms with Crippen molar-refractivity contribution in [2.45, 2.75) is 6.04 Å². The molecule has 0 spiro atoms. The summed E-state index contributed by atoms with van der Waals surface area (Å²) < 4.78 is 3.76. The molecule has 8 heavy (non-hydrogen) atoms. The van der Waals surface area contributed by atoms with Gasteiger partial charge >= 0.3 is 5.97 Å². The second kappa shape index (κ2) is 4.00. The minimum Gasteiger partial charge on any atom is -0.346 e. The van der Waals surface area contributed by atoms with Gasteiger partial charge in [-0.25, -0.2) is 4.79 Å². The molecule has 5 heteroatoms. The highest BCUT2D eigenvalue weighted by molar-refractivity contribution is 7.80. The predicted octanol–water partition coefficient (Wildman–Crippen LogP) is -0.0595. The number of thiol groups is 1. The first-order valence-corrected chi connectivity index (χ1v) is 2.85. The van der Waals surface area contributed by atoms with E-state index in [1.54, 1.807) is 0 Å². The Hall–Kier alpha value is 0.0700. The van der Waals surface area contributed by atoms with E-state index in [0.717, 1.165) is 0 Å². The topological polar surface area (TPSA) is 52.3 Å². The first-order chi connectivity index (χ1) is 3.72. The van der Waals surface area contributed by atoms with Crippen LogP contribution in [0.5, 0.6) is 0 Å². The molecule has 0 fully saturated rings. The Morgan fingerprint density at radius 2 is 2.50 bits per heavy atom. The summed E-state index contributed by atoms with van der Waals surface area (Å²) >= 11 is 8.39. The van der Waals surface area contributed by atoms with Gasteiger partial charge in [0.15, 0.2) is 0 Å². The zero-order chi connectivity index (χ0) is 6.57. The molecule has 0 saturated heterocycles. The molecule has 0 aromatic rings. The Morgan fingerprint density at radius 3 is 2.62 bits per heavy atom. The number of carbonyl (C=O) groups is 1. The van der Waals surface area contributed by atoms with Gasteiger partial charge in [0.05, 0.1) is 0 Å². The van der Waals surface area contributed by atoms with Crippen molar-refractivity contribution in [3.8, 4) is 0 Å². The monoisotopic (exact) mass is 155 g/mol. The van der Waals surface area contributed by atoms with Crippen LogP contribution in [-0.4, -0.2) is 17.8 Å². The molecule has 0 unspecified atom stereocenters. The van der Waals surface area contributed by atoms with Crippen LogP contribution >= 0.6 is 24.5 Å². The van der Waals surface area contributed by atoms with E-state index in [2.05, 4.69) is 28.8 Å². The van der Waals surface area contributed by atoms with Gasteiger partial charge in [0.2, 0.25) is 0 Å². The highest BCUT2D eigenvalue weighted by Gasteiger charge is 2.11. The van der Waals surface area contributed by atoms with Crippen LogP contribution in [0.4, 0.5) is 0 Å². The number of nitrogens with two attached hydrogens (primary N) is 1. The van der Waals surface area contributed by atoms with E-state index in [1.807, 2.05) is 0 Å². The minimum atomic E-state index is -0.712. The van der Waals surface area contributed by atoms with Gasteiger partial charge in [-0.05, 0) is 0 Å². The highest BCUT2D eigenvalue weighted by Crippen LogP contribution is 1.89. The van der Waals surface area contributed by atoms with Crippen molar-refractivity contribution in [2.24, 2.45) is 5.73 Å². The molecule has 0 amide bonds. The zero-order valence-corrected chi connectivity index (χ0v) is 5.65. The third-order valence-electron chi connectivity index (χ3n) is 0.575. The van der Waals surface area contributed by atoms with E-state index in [1.165, 1.54) is 0 Å². The van der Waals surface area contributed by atoms with Crippen LogP contribution in [-0.2, 0) is 9.08 Å². The molecule has 0 aromatic heterocycles. The molecule has 0 bridgehead atoms. The lowest BCUT2D eigenvalue weighted by molar-refractivity contribution is -0.134. The fraction of sp³-hybridized carbons (Fsp3) is 0.667. The van der Waals surface area contributed by atoms with Crippen LogP contribution in [0, 0.1) is 0 Å². The van der Waals surface area contributed by atoms with Crippen LogP contribution in [0.1, 0.15) is 0 Å². The first-order valence-electron chi connectivity index (χ1n) is 1.91. The Labute approximate surface area is 57.7 Å². The maximum Gasteiger partial charge on any atom is 0.342 e. The van der Waals surface area contributed by atoms with E-state index in [9.17, 15) is 4.79 Å². The SMILES string of the molecule is N[C@@H](CS)C(=O)OCl. The Balaban J connectivity index is 3.46. The van der Waals surface area contributed by atoms with Crippen molar-refractivity contribution < 1.29 is 9.08 Å². The molecule has 0 saturated carbocycles. The summed E-state index contributed by atoms with van der Waals surface area (Å²) in [5, 5.41) is 0. The molecular formula is C3H6ClNO2S. The van der Waals surface area contributed by atoms with Crippen LogP contribution in [0.15, 0.2) is 0 Å². The maximum atomic E-state index is 10.2. The molecule has 48 valence electrons. The van der Waals surface area contributed by atoms with E-state index in [0.29, 0.717) is 0 Å². The van der Waals surface area contributed by atoms with E-state index < -0.39 is 12.0 Å². The minimum absolute atomic E-state index is 0.242. The van der Waals surface area contributed by atoms with Gasteiger partial charge in [0.1, 0.15) is 17.9 Å². The van der Waals surface area contributed by atoms with E-state index in [4.69, 9.17) is 5.73 Å². The first kappa shape index (κ1) is 8.07. The summed E-state index contributed by atoms with van der Waals surface area (Å²) in [4.78, 5) is 10.2. The van der Waals surface area contributed by atoms with Gasteiger partial charge in [-0.3, -0.25) is 0 Å². The lowest BCUT2D eigenvalue weighted by atomic mass is 10.4. The van der Waals surface area contributed by atoms with Gasteiger partial charge in [-0.15, -0.1) is 0 Å². The van der Waals surface area contributed by atoms with Gasteiger partial charge in [-0.1, -0.05) is 0 Å². The number of carbonyl (C=O) groups excluding carboxylic acids is 1. The van der Waals surface area contributed by atoms with Crippen molar-refractivity contribution >= 4 is 30.5 Å². The van der Waals surface area contributed by atoms with Gasteiger partial charge < -0.3 is 10.0 Å². The summed E-state index contributed by atoms with van der Waals surface area (Å²) in [6.07, 6.45) is 0. The summed E-state index contributed by atoms with van der Waals surface area (Å²) in [6.45, 7) is 0. The third kappa shape index (κ3) is 2.40. The molecule has 0 heterocycles. The third-order valence-corrected chi connectivity index (χ3v) is 1.12. The molecule has 2 N–H and O–H groups in total. The van der Waals surface area contributed by atoms with Crippen LogP contribution in [0.2, 0.25) is 0 Å². The summed E-state index contributed by atoms with van der Waals surface area (Å²) in [5.41, 5.74) is 5.09. The summed E-state index contributed by atoms with van der Waals surface area (Å²) in [5.74, 6) is -0.410. The smallest absolute Gasteiger partial charge is 0.342 e. The van der Waals surface area contributed by atoms with E-state index >= 15 is 0 Å². The van der Waals surface area contributed by atoms with Crippen molar-refractivity contribution in [1.82, 2.24) is 0 Å². The molecule has 3 nitrogen and oxygen atoms in total. The van der Waals surface area contributed by atoms with Crippen LogP contribution < -0.4 is 5.73 Å². The average Bonchev–Trinajstić information content (AvgIpc) is 1.84. The quantitative estimate of drug-likeness (QED) is 0.550. The fourth-order valence-corrected chi connectivity index (χ4v) is 0.395. The molecule has 1 atom stereocenters. The standard InChI is InChI=1S/C3H6ClNO2S/c4-7-3(6)2(5)1-8/h2,8H,1,5H2/t2-/m0/s1. The summed E-state index contributed by atoms with van der Waals surface area (Å²) in [7, 11) is 0. The molecule has 0 aromatic carbocycles. The zero-order valence-electron chi connectivity index (χ0n) is 4.00. The molecule has 0 aliphatic carbocycles. The van der Waals surface area contributed by atoms with Crippen LogP contribution in [0.3, 0.4) is 0 Å². The van der Waals surface area contributed by atoms with Gasteiger partial charge in [0, 0.05) is 5.75 Å². The normalized spacial score (nSPS) is 12.9. The van der Waals surface area contributed by atoms with E-state index in [-0.39, 0.29) is 5.75 Å². The molecule has 0 radical (unpaired) electrons. The highest BCUT2D eigenvalue weighted by atomic mass is 35.5. The summed E-state index contributed by atoms with van der Waals surface area (Å²) in [6, 6.07) is -0.712. The predicted molar refractivity (Wildman–Crippen MR) is 33.8 cm³/mol. The molecular weight excluding hydrogens is 150 g/mol. The molecule has 0 aliphatic rings. The number of halogens is 1.